The predicted molar refractivity (Wildman–Crippen MR) is 65.9 cm³/mol. The summed E-state index contributed by atoms with van der Waals surface area (Å²) >= 11 is 0. The van der Waals surface area contributed by atoms with Crippen LogP contribution in [0.5, 0.6) is 0 Å². The van der Waals surface area contributed by atoms with Gasteiger partial charge in [-0.1, -0.05) is 56.3 Å². The molecule has 0 nitrogen and oxygen atoms in total. The minimum atomic E-state index is 0.733. The second kappa shape index (κ2) is 4.65. The standard InChI is InChI=1S/C15H20/c1-12(2)14-10-6-7-11-15(14)13-8-4-3-5-9-13/h3-9,12,14-15H,10-11H2,1-2H3/t14-,15-/m1/s1. The molecule has 0 bridgehead atoms. The third kappa shape index (κ3) is 2.31. The predicted octanol–water partition coefficient (Wildman–Crippen LogP) is 4.39. The van der Waals surface area contributed by atoms with Crippen LogP contribution in [-0.4, -0.2) is 0 Å². The highest BCUT2D eigenvalue weighted by molar-refractivity contribution is 5.23. The van der Waals surface area contributed by atoms with Crippen molar-refractivity contribution in [3.8, 4) is 0 Å². The van der Waals surface area contributed by atoms with Gasteiger partial charge in [-0.15, -0.1) is 0 Å². The van der Waals surface area contributed by atoms with E-state index in [9.17, 15) is 0 Å². The molecule has 2 atom stereocenters. The first-order valence-corrected chi connectivity index (χ1v) is 5.99. The molecule has 0 unspecified atom stereocenters. The van der Waals surface area contributed by atoms with Crippen molar-refractivity contribution < 1.29 is 0 Å². The summed E-state index contributed by atoms with van der Waals surface area (Å²) in [4.78, 5) is 0. The van der Waals surface area contributed by atoms with Crippen LogP contribution >= 0.6 is 0 Å². The number of hydrogen-bond acceptors (Lipinski definition) is 0. The Morgan fingerprint density at radius 3 is 2.33 bits per heavy atom. The second-order valence-corrected chi connectivity index (χ2v) is 4.87. The van der Waals surface area contributed by atoms with E-state index in [-0.39, 0.29) is 0 Å². The molecule has 1 aliphatic rings. The summed E-state index contributed by atoms with van der Waals surface area (Å²) in [5.41, 5.74) is 1.51. The minimum absolute atomic E-state index is 0.733. The lowest BCUT2D eigenvalue weighted by Crippen LogP contribution is -2.20. The molecule has 80 valence electrons. The van der Waals surface area contributed by atoms with Gasteiger partial charge < -0.3 is 0 Å². The van der Waals surface area contributed by atoms with Crippen molar-refractivity contribution in [1.82, 2.24) is 0 Å². The fourth-order valence-electron chi connectivity index (χ4n) is 2.66. The highest BCUT2D eigenvalue weighted by Gasteiger charge is 2.25. The zero-order chi connectivity index (χ0) is 10.7. The third-order valence-corrected chi connectivity index (χ3v) is 3.57. The first kappa shape index (κ1) is 10.5. The van der Waals surface area contributed by atoms with Crippen LogP contribution in [-0.2, 0) is 0 Å². The summed E-state index contributed by atoms with van der Waals surface area (Å²) in [7, 11) is 0. The van der Waals surface area contributed by atoms with Crippen molar-refractivity contribution in [1.29, 1.82) is 0 Å². The molecule has 0 N–H and O–H groups in total. The van der Waals surface area contributed by atoms with Gasteiger partial charge in [0, 0.05) is 0 Å². The lowest BCUT2D eigenvalue weighted by atomic mass is 9.73. The van der Waals surface area contributed by atoms with Gasteiger partial charge in [0.1, 0.15) is 0 Å². The fourth-order valence-corrected chi connectivity index (χ4v) is 2.66. The van der Waals surface area contributed by atoms with Gasteiger partial charge in [-0.2, -0.15) is 0 Å². The van der Waals surface area contributed by atoms with E-state index < -0.39 is 0 Å². The lowest BCUT2D eigenvalue weighted by Gasteiger charge is -2.32. The topological polar surface area (TPSA) is 0 Å². The largest absolute Gasteiger partial charge is 0.0882 e. The van der Waals surface area contributed by atoms with E-state index in [0.29, 0.717) is 0 Å². The SMILES string of the molecule is CC(C)[C@H]1CC=CC[C@@H]1c1ccccc1. The van der Waals surface area contributed by atoms with Crippen LogP contribution in [0.3, 0.4) is 0 Å². The van der Waals surface area contributed by atoms with Crippen LogP contribution in [0.4, 0.5) is 0 Å². The number of hydrogen-bond donors (Lipinski definition) is 0. The molecule has 15 heavy (non-hydrogen) atoms. The summed E-state index contributed by atoms with van der Waals surface area (Å²) in [6.45, 7) is 4.69. The molecule has 0 heteroatoms. The van der Waals surface area contributed by atoms with Crippen LogP contribution in [0.2, 0.25) is 0 Å². The molecule has 0 amide bonds. The molecule has 1 aromatic rings. The van der Waals surface area contributed by atoms with E-state index in [1.54, 1.807) is 0 Å². The Hall–Kier alpha value is -1.04. The molecular weight excluding hydrogens is 180 g/mol. The Bertz CT molecular complexity index is 321. The van der Waals surface area contributed by atoms with E-state index in [4.69, 9.17) is 0 Å². The highest BCUT2D eigenvalue weighted by Crippen LogP contribution is 2.38. The van der Waals surface area contributed by atoms with Crippen molar-refractivity contribution in [2.24, 2.45) is 11.8 Å². The van der Waals surface area contributed by atoms with Crippen LogP contribution < -0.4 is 0 Å². The van der Waals surface area contributed by atoms with E-state index >= 15 is 0 Å². The van der Waals surface area contributed by atoms with Crippen LogP contribution in [0.1, 0.15) is 38.2 Å². The third-order valence-electron chi connectivity index (χ3n) is 3.57. The Kier molecular flexibility index (Phi) is 3.25. The first-order chi connectivity index (χ1) is 7.29. The molecular formula is C15H20. The van der Waals surface area contributed by atoms with Crippen molar-refractivity contribution in [3.05, 3.63) is 48.0 Å². The van der Waals surface area contributed by atoms with E-state index in [1.165, 1.54) is 18.4 Å². The zero-order valence-corrected chi connectivity index (χ0v) is 9.69. The number of rotatable bonds is 2. The highest BCUT2D eigenvalue weighted by atomic mass is 14.3. The van der Waals surface area contributed by atoms with Gasteiger partial charge in [0.25, 0.3) is 0 Å². The minimum Gasteiger partial charge on any atom is -0.0882 e. The van der Waals surface area contributed by atoms with Crippen LogP contribution in [0.15, 0.2) is 42.5 Å². The summed E-state index contributed by atoms with van der Waals surface area (Å²) in [6.07, 6.45) is 7.16. The maximum atomic E-state index is 2.35. The summed E-state index contributed by atoms with van der Waals surface area (Å²) in [5.74, 6) is 2.33. The summed E-state index contributed by atoms with van der Waals surface area (Å²) in [6, 6.07) is 11.0. The van der Waals surface area contributed by atoms with E-state index in [2.05, 4.69) is 56.3 Å². The molecule has 2 rings (SSSR count). The maximum absolute atomic E-state index is 2.35. The Labute approximate surface area is 93.0 Å². The smallest absolute Gasteiger partial charge is 0.00937 e. The molecule has 0 aliphatic heterocycles. The normalized spacial score (nSPS) is 25.8. The fraction of sp³-hybridized carbons (Fsp3) is 0.467. The van der Waals surface area contributed by atoms with E-state index in [1.807, 2.05) is 0 Å². The van der Waals surface area contributed by atoms with Gasteiger partial charge in [-0.25, -0.2) is 0 Å². The second-order valence-electron chi connectivity index (χ2n) is 4.87. The molecule has 0 spiro atoms. The quantitative estimate of drug-likeness (QED) is 0.621. The molecule has 0 heterocycles. The number of allylic oxidation sites excluding steroid dienone is 2. The molecule has 0 radical (unpaired) electrons. The zero-order valence-electron chi connectivity index (χ0n) is 9.69. The van der Waals surface area contributed by atoms with Gasteiger partial charge >= 0.3 is 0 Å². The molecule has 1 aliphatic carbocycles. The monoisotopic (exact) mass is 200 g/mol. The molecule has 0 saturated carbocycles. The molecule has 0 aromatic heterocycles. The van der Waals surface area contributed by atoms with Crippen molar-refractivity contribution >= 4 is 0 Å². The van der Waals surface area contributed by atoms with Gasteiger partial charge in [0.15, 0.2) is 0 Å². The molecule has 1 aromatic carbocycles. The van der Waals surface area contributed by atoms with Crippen molar-refractivity contribution in [2.75, 3.05) is 0 Å². The van der Waals surface area contributed by atoms with Gasteiger partial charge in [-0.3, -0.25) is 0 Å². The summed E-state index contributed by atoms with van der Waals surface area (Å²) < 4.78 is 0. The number of benzene rings is 1. The Morgan fingerprint density at radius 2 is 1.67 bits per heavy atom. The summed E-state index contributed by atoms with van der Waals surface area (Å²) in [5, 5.41) is 0. The average Bonchev–Trinajstić information content (AvgIpc) is 2.30. The van der Waals surface area contributed by atoms with Gasteiger partial charge in [0.05, 0.1) is 0 Å². The molecule has 0 saturated heterocycles. The Morgan fingerprint density at radius 1 is 1.00 bits per heavy atom. The van der Waals surface area contributed by atoms with E-state index in [0.717, 1.165) is 17.8 Å². The maximum Gasteiger partial charge on any atom is -0.00937 e. The van der Waals surface area contributed by atoms with Crippen molar-refractivity contribution in [3.63, 3.8) is 0 Å². The molecule has 0 fully saturated rings. The Balaban J connectivity index is 2.23. The first-order valence-electron chi connectivity index (χ1n) is 5.99. The lowest BCUT2D eigenvalue weighted by molar-refractivity contribution is 0.311. The van der Waals surface area contributed by atoms with Gasteiger partial charge in [-0.05, 0) is 36.2 Å². The van der Waals surface area contributed by atoms with Gasteiger partial charge in [0.2, 0.25) is 0 Å². The average molecular weight is 200 g/mol. The van der Waals surface area contributed by atoms with Crippen LogP contribution in [0, 0.1) is 11.8 Å². The van der Waals surface area contributed by atoms with Crippen LogP contribution in [0.25, 0.3) is 0 Å². The van der Waals surface area contributed by atoms with Crippen molar-refractivity contribution in [2.45, 2.75) is 32.6 Å².